The van der Waals surface area contributed by atoms with Crippen LogP contribution in [0.5, 0.6) is 5.75 Å². The first kappa shape index (κ1) is 12.4. The molecule has 1 aromatic carbocycles. The van der Waals surface area contributed by atoms with E-state index in [0.717, 1.165) is 5.56 Å². The molecule has 2 aromatic rings. The van der Waals surface area contributed by atoms with E-state index in [9.17, 15) is 9.90 Å². The quantitative estimate of drug-likeness (QED) is 0.586. The van der Waals surface area contributed by atoms with Crippen molar-refractivity contribution in [3.8, 4) is 5.75 Å². The van der Waals surface area contributed by atoms with Crippen LogP contribution in [0.15, 0.2) is 29.0 Å². The second-order valence-corrected chi connectivity index (χ2v) is 4.78. The van der Waals surface area contributed by atoms with Crippen molar-refractivity contribution in [1.82, 2.24) is 5.32 Å². The summed E-state index contributed by atoms with van der Waals surface area (Å²) >= 11 is 1.61. The molecule has 0 aliphatic rings. The summed E-state index contributed by atoms with van der Waals surface area (Å²) in [5, 5.41) is 16.3. The third-order valence-corrected chi connectivity index (χ3v) is 3.60. The molecule has 1 amide bonds. The maximum atomic E-state index is 11.9. The van der Waals surface area contributed by atoms with Crippen molar-refractivity contribution in [2.24, 2.45) is 0 Å². The Kier molecular flexibility index (Phi) is 3.53. The van der Waals surface area contributed by atoms with Gasteiger partial charge in [-0.1, -0.05) is 0 Å². The van der Waals surface area contributed by atoms with E-state index in [1.807, 2.05) is 17.7 Å². The number of hydrogen-bond donors (Lipinski definition) is 3. The van der Waals surface area contributed by atoms with Gasteiger partial charge in [-0.15, -0.1) is 0 Å². The highest BCUT2D eigenvalue weighted by atomic mass is 32.1. The minimum atomic E-state index is -0.226. The lowest BCUT2D eigenvalue weighted by molar-refractivity contribution is 0.0950. The SMILES string of the molecule is Cc1cscc1CNC(=O)c1ccc(N)c(O)c1. The predicted molar refractivity (Wildman–Crippen MR) is 72.7 cm³/mol. The highest BCUT2D eigenvalue weighted by Crippen LogP contribution is 2.20. The van der Waals surface area contributed by atoms with Crippen molar-refractivity contribution >= 4 is 22.9 Å². The number of amides is 1. The first-order chi connectivity index (χ1) is 8.58. The van der Waals surface area contributed by atoms with Crippen molar-refractivity contribution in [3.05, 3.63) is 45.6 Å². The Labute approximate surface area is 109 Å². The van der Waals surface area contributed by atoms with Crippen LogP contribution >= 0.6 is 11.3 Å². The number of thiophene rings is 1. The van der Waals surface area contributed by atoms with Crippen LogP contribution in [0.3, 0.4) is 0 Å². The number of rotatable bonds is 3. The summed E-state index contributed by atoms with van der Waals surface area (Å²) in [6.45, 7) is 2.49. The first-order valence-electron chi connectivity index (χ1n) is 5.46. The Balaban J connectivity index is 2.04. The average molecular weight is 262 g/mol. The molecule has 0 aliphatic heterocycles. The zero-order valence-electron chi connectivity index (χ0n) is 9.93. The molecule has 0 saturated heterocycles. The molecule has 94 valence electrons. The van der Waals surface area contributed by atoms with Crippen LogP contribution in [0.2, 0.25) is 0 Å². The number of anilines is 1. The van der Waals surface area contributed by atoms with Gasteiger partial charge in [-0.05, 0) is 47.0 Å². The van der Waals surface area contributed by atoms with Gasteiger partial charge in [-0.2, -0.15) is 11.3 Å². The second kappa shape index (κ2) is 5.10. The molecule has 0 radical (unpaired) electrons. The summed E-state index contributed by atoms with van der Waals surface area (Å²) in [7, 11) is 0. The van der Waals surface area contributed by atoms with Crippen molar-refractivity contribution in [2.45, 2.75) is 13.5 Å². The van der Waals surface area contributed by atoms with Crippen LogP contribution in [-0.4, -0.2) is 11.0 Å². The molecule has 0 saturated carbocycles. The van der Waals surface area contributed by atoms with Crippen LogP contribution in [0.25, 0.3) is 0 Å². The molecular formula is C13H14N2O2S. The molecule has 5 heteroatoms. The zero-order chi connectivity index (χ0) is 13.1. The van der Waals surface area contributed by atoms with E-state index in [2.05, 4.69) is 5.32 Å². The van der Waals surface area contributed by atoms with Gasteiger partial charge in [0.1, 0.15) is 5.75 Å². The van der Waals surface area contributed by atoms with E-state index in [1.54, 1.807) is 17.4 Å². The smallest absolute Gasteiger partial charge is 0.251 e. The molecule has 4 nitrogen and oxygen atoms in total. The lowest BCUT2D eigenvalue weighted by Crippen LogP contribution is -2.22. The van der Waals surface area contributed by atoms with Crippen LogP contribution in [-0.2, 0) is 6.54 Å². The normalized spacial score (nSPS) is 10.3. The van der Waals surface area contributed by atoms with E-state index >= 15 is 0 Å². The summed E-state index contributed by atoms with van der Waals surface area (Å²) in [5.74, 6) is -0.301. The maximum absolute atomic E-state index is 11.9. The minimum Gasteiger partial charge on any atom is -0.506 e. The van der Waals surface area contributed by atoms with E-state index < -0.39 is 0 Å². The number of hydrogen-bond acceptors (Lipinski definition) is 4. The van der Waals surface area contributed by atoms with Crippen molar-refractivity contribution in [1.29, 1.82) is 0 Å². The van der Waals surface area contributed by atoms with Crippen LogP contribution in [0.4, 0.5) is 5.69 Å². The Hall–Kier alpha value is -2.01. The third kappa shape index (κ3) is 2.62. The molecule has 0 atom stereocenters. The molecule has 1 aromatic heterocycles. The van der Waals surface area contributed by atoms with Gasteiger partial charge >= 0.3 is 0 Å². The van der Waals surface area contributed by atoms with Gasteiger partial charge in [0, 0.05) is 12.1 Å². The minimum absolute atomic E-state index is 0.0747. The van der Waals surface area contributed by atoms with E-state index in [-0.39, 0.29) is 17.3 Å². The Morgan fingerprint density at radius 2 is 2.22 bits per heavy atom. The number of carbonyl (C=O) groups is 1. The third-order valence-electron chi connectivity index (χ3n) is 2.69. The van der Waals surface area contributed by atoms with E-state index in [1.165, 1.54) is 17.7 Å². The predicted octanol–water partition coefficient (Wildman–Crippen LogP) is 2.27. The van der Waals surface area contributed by atoms with Crippen LogP contribution in [0, 0.1) is 6.92 Å². The van der Waals surface area contributed by atoms with Gasteiger partial charge in [-0.25, -0.2) is 0 Å². The van der Waals surface area contributed by atoms with Crippen LogP contribution in [0.1, 0.15) is 21.5 Å². The molecule has 0 aliphatic carbocycles. The molecule has 0 bridgehead atoms. The molecule has 0 fully saturated rings. The highest BCUT2D eigenvalue weighted by Gasteiger charge is 2.08. The summed E-state index contributed by atoms with van der Waals surface area (Å²) < 4.78 is 0. The number of nitrogen functional groups attached to an aromatic ring is 1. The summed E-state index contributed by atoms with van der Waals surface area (Å²) in [6.07, 6.45) is 0. The lowest BCUT2D eigenvalue weighted by Gasteiger charge is -2.06. The van der Waals surface area contributed by atoms with E-state index in [0.29, 0.717) is 12.1 Å². The van der Waals surface area contributed by atoms with E-state index in [4.69, 9.17) is 5.73 Å². The average Bonchev–Trinajstić information content (AvgIpc) is 2.75. The molecule has 0 spiro atoms. The Morgan fingerprint density at radius 3 is 2.83 bits per heavy atom. The number of nitrogens with two attached hydrogens (primary N) is 1. The van der Waals surface area contributed by atoms with Gasteiger partial charge < -0.3 is 16.2 Å². The Morgan fingerprint density at radius 1 is 1.44 bits per heavy atom. The lowest BCUT2D eigenvalue weighted by atomic mass is 10.1. The summed E-state index contributed by atoms with van der Waals surface area (Å²) in [5.41, 5.74) is 8.41. The van der Waals surface area contributed by atoms with Gasteiger partial charge in [0.25, 0.3) is 5.91 Å². The fourth-order valence-corrected chi connectivity index (χ4v) is 2.39. The van der Waals surface area contributed by atoms with Gasteiger partial charge in [0.2, 0.25) is 0 Å². The van der Waals surface area contributed by atoms with Crippen molar-refractivity contribution in [3.63, 3.8) is 0 Å². The van der Waals surface area contributed by atoms with Crippen molar-refractivity contribution < 1.29 is 9.90 Å². The molecule has 4 N–H and O–H groups in total. The maximum Gasteiger partial charge on any atom is 0.251 e. The number of nitrogens with one attached hydrogen (secondary N) is 1. The monoisotopic (exact) mass is 262 g/mol. The summed E-state index contributed by atoms with van der Waals surface area (Å²) in [6, 6.07) is 4.47. The number of aromatic hydroxyl groups is 1. The van der Waals surface area contributed by atoms with Gasteiger partial charge in [0.15, 0.2) is 0 Å². The number of carbonyl (C=O) groups excluding carboxylic acids is 1. The highest BCUT2D eigenvalue weighted by molar-refractivity contribution is 7.08. The van der Waals surface area contributed by atoms with Crippen molar-refractivity contribution in [2.75, 3.05) is 5.73 Å². The molecule has 0 unspecified atom stereocenters. The topological polar surface area (TPSA) is 75.4 Å². The molecule has 1 heterocycles. The van der Waals surface area contributed by atoms with Gasteiger partial charge in [0.05, 0.1) is 5.69 Å². The number of phenols is 1. The first-order valence-corrected chi connectivity index (χ1v) is 6.40. The Bertz CT molecular complexity index is 578. The molecule has 18 heavy (non-hydrogen) atoms. The fourth-order valence-electron chi connectivity index (χ4n) is 1.53. The largest absolute Gasteiger partial charge is 0.506 e. The zero-order valence-corrected chi connectivity index (χ0v) is 10.8. The summed E-state index contributed by atoms with van der Waals surface area (Å²) in [4.78, 5) is 11.9. The number of phenolic OH excluding ortho intramolecular Hbond substituents is 1. The molecule has 2 rings (SSSR count). The molecular weight excluding hydrogens is 248 g/mol. The van der Waals surface area contributed by atoms with Crippen LogP contribution < -0.4 is 11.1 Å². The second-order valence-electron chi connectivity index (χ2n) is 4.04. The number of benzene rings is 1. The standard InChI is InChI=1S/C13H14N2O2S/c1-8-6-18-7-10(8)5-15-13(17)9-2-3-11(14)12(16)4-9/h2-4,6-7,16H,5,14H2,1H3,(H,15,17). The number of aryl methyl sites for hydroxylation is 1. The fraction of sp³-hybridized carbons (Fsp3) is 0.154. The van der Waals surface area contributed by atoms with Gasteiger partial charge in [-0.3, -0.25) is 4.79 Å².